The highest BCUT2D eigenvalue weighted by Crippen LogP contribution is 2.45. The summed E-state index contributed by atoms with van der Waals surface area (Å²) in [6, 6.07) is 57.4. The van der Waals surface area contributed by atoms with Crippen molar-refractivity contribution in [2.45, 2.75) is 0 Å². The first-order valence-corrected chi connectivity index (χ1v) is 15.8. The Bertz CT molecular complexity index is 2430. The predicted octanol–water partition coefficient (Wildman–Crippen LogP) is 12.3. The van der Waals surface area contributed by atoms with Crippen LogP contribution in [0.3, 0.4) is 0 Å². The third kappa shape index (κ3) is 3.85. The largest absolute Gasteiger partial charge is 0.309 e. The van der Waals surface area contributed by atoms with Gasteiger partial charge in [0.2, 0.25) is 0 Å². The highest BCUT2D eigenvalue weighted by molar-refractivity contribution is 9.10. The van der Waals surface area contributed by atoms with Gasteiger partial charge < -0.3 is 4.57 Å². The van der Waals surface area contributed by atoms with Crippen molar-refractivity contribution in [3.8, 4) is 39.1 Å². The Morgan fingerprint density at radius 3 is 1.73 bits per heavy atom. The number of benzene rings is 8. The van der Waals surface area contributed by atoms with Crippen LogP contribution < -0.4 is 0 Å². The molecule has 0 radical (unpaired) electrons. The minimum Gasteiger partial charge on any atom is -0.309 e. The van der Waals surface area contributed by atoms with Gasteiger partial charge in [-0.25, -0.2) is 0 Å². The molecule has 0 spiro atoms. The lowest BCUT2D eigenvalue weighted by molar-refractivity contribution is 1.18. The summed E-state index contributed by atoms with van der Waals surface area (Å²) in [5.74, 6) is 0. The minimum atomic E-state index is 1.12. The fourth-order valence-electron chi connectivity index (χ4n) is 7.03. The van der Waals surface area contributed by atoms with Gasteiger partial charge in [0.25, 0.3) is 0 Å². The molecule has 0 saturated heterocycles. The monoisotopic (exact) mass is 623 g/mol. The molecule has 0 unspecified atom stereocenters. The Morgan fingerprint density at radius 2 is 1.00 bits per heavy atom. The maximum absolute atomic E-state index is 3.78. The molecule has 206 valence electrons. The van der Waals surface area contributed by atoms with Crippen molar-refractivity contribution in [2.24, 2.45) is 0 Å². The molecular formula is C42H26BrN. The van der Waals surface area contributed by atoms with Gasteiger partial charge in [-0.1, -0.05) is 137 Å². The molecule has 0 aliphatic heterocycles. The molecular weight excluding hydrogens is 598 g/mol. The molecule has 0 atom stereocenters. The van der Waals surface area contributed by atoms with Crippen molar-refractivity contribution in [2.75, 3.05) is 0 Å². The zero-order valence-electron chi connectivity index (χ0n) is 23.8. The first kappa shape index (κ1) is 25.3. The van der Waals surface area contributed by atoms with E-state index in [2.05, 4.69) is 178 Å². The van der Waals surface area contributed by atoms with Crippen LogP contribution in [0.2, 0.25) is 0 Å². The van der Waals surface area contributed by atoms with Crippen LogP contribution in [0.15, 0.2) is 162 Å². The average Bonchev–Trinajstić information content (AvgIpc) is 3.44. The molecule has 9 rings (SSSR count). The average molecular weight is 625 g/mol. The van der Waals surface area contributed by atoms with Crippen molar-refractivity contribution >= 4 is 59.3 Å². The van der Waals surface area contributed by atoms with Gasteiger partial charge in [0.1, 0.15) is 0 Å². The van der Waals surface area contributed by atoms with E-state index in [4.69, 9.17) is 0 Å². The van der Waals surface area contributed by atoms with Crippen LogP contribution >= 0.6 is 15.9 Å². The van der Waals surface area contributed by atoms with Crippen LogP contribution in [0, 0.1) is 0 Å². The molecule has 1 aromatic heterocycles. The number of rotatable bonds is 4. The van der Waals surface area contributed by atoms with Gasteiger partial charge in [0.05, 0.1) is 11.0 Å². The fourth-order valence-corrected chi connectivity index (χ4v) is 7.51. The summed E-state index contributed by atoms with van der Waals surface area (Å²) < 4.78 is 3.58. The van der Waals surface area contributed by atoms with Crippen LogP contribution in [0.5, 0.6) is 0 Å². The second-order valence-corrected chi connectivity index (χ2v) is 12.3. The molecule has 0 fully saturated rings. The summed E-state index contributed by atoms with van der Waals surface area (Å²) in [5, 5.41) is 7.65. The summed E-state index contributed by atoms with van der Waals surface area (Å²) in [6.07, 6.45) is 0. The fraction of sp³-hybridized carbons (Fsp3) is 0. The van der Waals surface area contributed by atoms with E-state index in [0.29, 0.717) is 0 Å². The first-order chi connectivity index (χ1) is 21.7. The zero-order chi connectivity index (χ0) is 29.2. The molecule has 9 aromatic rings. The number of hydrogen-bond donors (Lipinski definition) is 0. The molecule has 8 aromatic carbocycles. The van der Waals surface area contributed by atoms with Gasteiger partial charge in [-0.05, 0) is 91.3 Å². The number of aromatic nitrogens is 1. The van der Waals surface area contributed by atoms with Crippen LogP contribution in [-0.4, -0.2) is 4.57 Å². The van der Waals surface area contributed by atoms with Gasteiger partial charge in [-0.15, -0.1) is 0 Å². The summed E-state index contributed by atoms with van der Waals surface area (Å²) >= 11 is 3.78. The Hall–Kier alpha value is -5.18. The van der Waals surface area contributed by atoms with E-state index in [1.54, 1.807) is 0 Å². The molecule has 0 amide bonds. The molecule has 0 aliphatic carbocycles. The van der Waals surface area contributed by atoms with Gasteiger partial charge in [-0.3, -0.25) is 0 Å². The Morgan fingerprint density at radius 1 is 0.386 bits per heavy atom. The number of fused-ring (bicyclic) bond motifs is 1. The second-order valence-electron chi connectivity index (χ2n) is 11.5. The first-order valence-electron chi connectivity index (χ1n) is 15.0. The lowest BCUT2D eigenvalue weighted by atomic mass is 9.92. The summed E-state index contributed by atoms with van der Waals surface area (Å²) in [5.41, 5.74) is 11.0. The Kier molecular flexibility index (Phi) is 5.72. The van der Waals surface area contributed by atoms with E-state index in [-0.39, 0.29) is 0 Å². The van der Waals surface area contributed by atoms with Crippen molar-refractivity contribution in [3.05, 3.63) is 162 Å². The van der Waals surface area contributed by atoms with Crippen molar-refractivity contribution < 1.29 is 0 Å². The third-order valence-electron chi connectivity index (χ3n) is 9.01. The summed E-state index contributed by atoms with van der Waals surface area (Å²) in [7, 11) is 0. The summed E-state index contributed by atoms with van der Waals surface area (Å²) in [6.45, 7) is 0. The minimum absolute atomic E-state index is 1.12. The molecule has 2 heteroatoms. The second kappa shape index (κ2) is 9.94. The molecule has 1 heterocycles. The van der Waals surface area contributed by atoms with Crippen LogP contribution in [0.4, 0.5) is 0 Å². The van der Waals surface area contributed by atoms with Crippen LogP contribution in [0.25, 0.3) is 82.4 Å². The van der Waals surface area contributed by atoms with Crippen LogP contribution in [0.1, 0.15) is 0 Å². The highest BCUT2D eigenvalue weighted by atomic mass is 79.9. The highest BCUT2D eigenvalue weighted by Gasteiger charge is 2.20. The Balaban J connectivity index is 1.37. The Labute approximate surface area is 264 Å². The molecule has 0 saturated carbocycles. The standard InChI is InChI=1S/C42H26BrN/c43-38-22-20-34(33-15-7-8-16-36(33)38)35-21-23-40-42-37(35)19-18-29-14-9-17-39(41(29)42)44(40)32-25-30(27-10-3-1-4-11-27)24-31(26-32)28-12-5-2-6-13-28/h1-26H. The van der Waals surface area contributed by atoms with Gasteiger partial charge in [-0.2, -0.15) is 0 Å². The zero-order valence-corrected chi connectivity index (χ0v) is 25.4. The van der Waals surface area contributed by atoms with Crippen molar-refractivity contribution in [3.63, 3.8) is 0 Å². The van der Waals surface area contributed by atoms with E-state index in [1.807, 2.05) is 0 Å². The lowest BCUT2D eigenvalue weighted by Gasteiger charge is -2.15. The molecule has 0 bridgehead atoms. The van der Waals surface area contributed by atoms with Gasteiger partial charge in [0, 0.05) is 20.9 Å². The number of nitrogens with zero attached hydrogens (tertiary/aromatic N) is 1. The van der Waals surface area contributed by atoms with E-state index in [1.165, 1.54) is 76.7 Å². The number of hydrogen-bond acceptors (Lipinski definition) is 0. The molecule has 44 heavy (non-hydrogen) atoms. The quantitative estimate of drug-likeness (QED) is 0.172. The summed E-state index contributed by atoms with van der Waals surface area (Å²) in [4.78, 5) is 0. The SMILES string of the molecule is Brc1ccc(-c2ccc3c4c2ccc2cccc(c24)n3-c2cc(-c3ccccc3)cc(-c3ccccc3)c2)c2ccccc12. The normalized spacial score (nSPS) is 11.8. The predicted molar refractivity (Wildman–Crippen MR) is 191 cm³/mol. The van der Waals surface area contributed by atoms with E-state index >= 15 is 0 Å². The van der Waals surface area contributed by atoms with E-state index in [0.717, 1.165) is 10.2 Å². The maximum Gasteiger partial charge on any atom is 0.0547 e. The molecule has 1 nitrogen and oxygen atoms in total. The smallest absolute Gasteiger partial charge is 0.0547 e. The molecule has 0 N–H and O–H groups in total. The third-order valence-corrected chi connectivity index (χ3v) is 9.70. The van der Waals surface area contributed by atoms with E-state index < -0.39 is 0 Å². The van der Waals surface area contributed by atoms with Gasteiger partial charge >= 0.3 is 0 Å². The number of halogens is 1. The maximum atomic E-state index is 3.78. The van der Waals surface area contributed by atoms with Crippen LogP contribution in [-0.2, 0) is 0 Å². The van der Waals surface area contributed by atoms with E-state index in [9.17, 15) is 0 Å². The van der Waals surface area contributed by atoms with Crippen molar-refractivity contribution in [1.82, 2.24) is 4.57 Å². The topological polar surface area (TPSA) is 4.93 Å². The van der Waals surface area contributed by atoms with Gasteiger partial charge in [0.15, 0.2) is 0 Å². The molecule has 0 aliphatic rings. The lowest BCUT2D eigenvalue weighted by Crippen LogP contribution is -1.96. The van der Waals surface area contributed by atoms with Crippen molar-refractivity contribution in [1.29, 1.82) is 0 Å².